The van der Waals surface area contributed by atoms with E-state index in [0.717, 1.165) is 5.56 Å². The summed E-state index contributed by atoms with van der Waals surface area (Å²) >= 11 is 0. The van der Waals surface area contributed by atoms with Crippen molar-refractivity contribution in [3.05, 3.63) is 59.4 Å². The fraction of sp³-hybridized carbons (Fsp3) is 0.429. The SMILES string of the molecule is NCCCC[C@H](NC(=O)c1ccc(C(=O)N=C(N)N)[nH]1)C(=O)N[C@@H](CCCCN)C(=O)N[C@@H](Cc1ccccc1)C(N)=O. The van der Waals surface area contributed by atoms with Crippen LogP contribution in [-0.2, 0) is 20.8 Å². The molecule has 3 atom stereocenters. The fourth-order valence-corrected chi connectivity index (χ4v) is 4.21. The van der Waals surface area contributed by atoms with Gasteiger partial charge >= 0.3 is 0 Å². The Morgan fingerprint density at radius 1 is 0.698 bits per heavy atom. The minimum atomic E-state index is -1.04. The van der Waals surface area contributed by atoms with Gasteiger partial charge in [-0.25, -0.2) is 0 Å². The third kappa shape index (κ3) is 11.9. The second-order valence-corrected chi connectivity index (χ2v) is 9.94. The molecule has 15 nitrogen and oxygen atoms in total. The first-order valence-corrected chi connectivity index (χ1v) is 14.0. The van der Waals surface area contributed by atoms with Gasteiger partial charge in [0.1, 0.15) is 29.5 Å². The van der Waals surface area contributed by atoms with Crippen LogP contribution in [-0.4, -0.2) is 71.7 Å². The lowest BCUT2D eigenvalue weighted by atomic mass is 10.0. The quantitative estimate of drug-likeness (QED) is 0.0546. The Kier molecular flexibility index (Phi) is 14.4. The molecule has 0 unspecified atom stereocenters. The number of aliphatic imine (C=N–C) groups is 1. The van der Waals surface area contributed by atoms with Gasteiger partial charge in [0.05, 0.1) is 0 Å². The Balaban J connectivity index is 2.19. The van der Waals surface area contributed by atoms with E-state index in [1.807, 2.05) is 6.07 Å². The lowest BCUT2D eigenvalue weighted by Gasteiger charge is -2.25. The molecule has 0 aliphatic heterocycles. The average Bonchev–Trinajstić information content (AvgIpc) is 3.47. The van der Waals surface area contributed by atoms with E-state index in [1.165, 1.54) is 12.1 Å². The van der Waals surface area contributed by atoms with E-state index < -0.39 is 53.6 Å². The number of rotatable bonds is 18. The molecule has 1 aromatic heterocycles. The molecule has 0 saturated heterocycles. The molecule has 14 N–H and O–H groups in total. The van der Waals surface area contributed by atoms with E-state index >= 15 is 0 Å². The van der Waals surface area contributed by atoms with Gasteiger partial charge in [-0.05, 0) is 69.3 Å². The molecule has 1 aromatic carbocycles. The van der Waals surface area contributed by atoms with Crippen LogP contribution in [0.15, 0.2) is 47.5 Å². The minimum Gasteiger partial charge on any atom is -0.370 e. The molecule has 2 aromatic rings. The predicted molar refractivity (Wildman–Crippen MR) is 161 cm³/mol. The Morgan fingerprint density at radius 3 is 1.77 bits per heavy atom. The standard InChI is InChI=1S/C28H42N10O5/c29-14-6-4-10-18(36-26(42)20-12-13-21(34-20)27(43)38-28(32)33)24(40)35-19(11-5-7-15-30)25(41)37-22(23(31)39)16-17-8-2-1-3-9-17/h1-3,8-9,12-13,18-19,22,34H,4-7,10-11,14-16,29-30H2,(H2,31,39)(H,35,40)(H,36,42)(H,37,41)(H4,32,33,38,43)/t18-,19-,22-/m0/s1. The Morgan fingerprint density at radius 2 is 1.23 bits per heavy atom. The van der Waals surface area contributed by atoms with E-state index in [-0.39, 0.29) is 30.7 Å². The van der Waals surface area contributed by atoms with Crippen LogP contribution in [0.4, 0.5) is 0 Å². The van der Waals surface area contributed by atoms with Crippen molar-refractivity contribution in [2.24, 2.45) is 33.7 Å². The number of primary amides is 1. The number of H-pyrrole nitrogens is 1. The summed E-state index contributed by atoms with van der Waals surface area (Å²) in [6, 6.07) is 8.65. The number of nitrogens with two attached hydrogens (primary N) is 5. The summed E-state index contributed by atoms with van der Waals surface area (Å²) in [5, 5.41) is 8.01. The van der Waals surface area contributed by atoms with Crippen molar-refractivity contribution in [1.82, 2.24) is 20.9 Å². The van der Waals surface area contributed by atoms with E-state index in [0.29, 0.717) is 38.8 Å². The summed E-state index contributed by atoms with van der Waals surface area (Å²) in [5.74, 6) is -3.80. The molecule has 5 amide bonds. The minimum absolute atomic E-state index is 0.00628. The van der Waals surface area contributed by atoms with Gasteiger partial charge in [0.15, 0.2) is 5.96 Å². The molecule has 0 spiro atoms. The molecular weight excluding hydrogens is 556 g/mol. The number of nitrogens with zero attached hydrogens (tertiary/aromatic N) is 1. The lowest BCUT2D eigenvalue weighted by molar-refractivity contribution is -0.132. The van der Waals surface area contributed by atoms with Crippen LogP contribution in [0.1, 0.15) is 65.1 Å². The number of carbonyl (C=O) groups excluding carboxylic acids is 5. The molecule has 234 valence electrons. The molecule has 15 heteroatoms. The van der Waals surface area contributed by atoms with Crippen molar-refractivity contribution in [3.63, 3.8) is 0 Å². The summed E-state index contributed by atoms with van der Waals surface area (Å²) < 4.78 is 0. The molecule has 2 rings (SSSR count). The number of guanidine groups is 1. The van der Waals surface area contributed by atoms with Crippen LogP contribution in [0.25, 0.3) is 0 Å². The highest BCUT2D eigenvalue weighted by atomic mass is 16.2. The number of aromatic nitrogens is 1. The van der Waals surface area contributed by atoms with Gasteiger partial charge in [-0.2, -0.15) is 4.99 Å². The number of hydrogen-bond donors (Lipinski definition) is 9. The van der Waals surface area contributed by atoms with Crippen LogP contribution in [0.5, 0.6) is 0 Å². The van der Waals surface area contributed by atoms with Crippen LogP contribution in [0.3, 0.4) is 0 Å². The summed E-state index contributed by atoms with van der Waals surface area (Å²) in [7, 11) is 0. The van der Waals surface area contributed by atoms with Crippen molar-refractivity contribution >= 4 is 35.5 Å². The maximum atomic E-state index is 13.4. The lowest BCUT2D eigenvalue weighted by Crippen LogP contribution is -2.56. The summed E-state index contributed by atoms with van der Waals surface area (Å²) in [6.45, 7) is 0.775. The van der Waals surface area contributed by atoms with Gasteiger partial charge < -0.3 is 49.6 Å². The number of carbonyl (C=O) groups is 5. The molecule has 1 heterocycles. The van der Waals surface area contributed by atoms with E-state index in [9.17, 15) is 24.0 Å². The van der Waals surface area contributed by atoms with Gasteiger partial charge in [-0.15, -0.1) is 0 Å². The van der Waals surface area contributed by atoms with E-state index in [2.05, 4.69) is 25.9 Å². The Labute approximate surface area is 249 Å². The summed E-state index contributed by atoms with van der Waals surface area (Å²) in [6.07, 6.45) is 2.87. The second kappa shape index (κ2) is 17.9. The zero-order valence-corrected chi connectivity index (χ0v) is 24.0. The van der Waals surface area contributed by atoms with Crippen LogP contribution >= 0.6 is 0 Å². The zero-order valence-electron chi connectivity index (χ0n) is 24.0. The van der Waals surface area contributed by atoms with Gasteiger partial charge in [-0.1, -0.05) is 30.3 Å². The maximum Gasteiger partial charge on any atom is 0.296 e. The number of aromatic amines is 1. The van der Waals surface area contributed by atoms with Crippen LogP contribution < -0.4 is 44.6 Å². The van der Waals surface area contributed by atoms with Gasteiger partial charge in [0, 0.05) is 6.42 Å². The highest BCUT2D eigenvalue weighted by Gasteiger charge is 2.29. The van der Waals surface area contributed by atoms with Crippen molar-refractivity contribution in [2.75, 3.05) is 13.1 Å². The van der Waals surface area contributed by atoms with E-state index in [1.54, 1.807) is 24.3 Å². The fourth-order valence-electron chi connectivity index (χ4n) is 4.21. The number of hydrogen-bond acceptors (Lipinski definition) is 7. The third-order valence-electron chi connectivity index (χ3n) is 6.48. The molecule has 0 aliphatic carbocycles. The van der Waals surface area contributed by atoms with Crippen molar-refractivity contribution in [3.8, 4) is 0 Å². The summed E-state index contributed by atoms with van der Waals surface area (Å²) in [4.78, 5) is 70.0. The van der Waals surface area contributed by atoms with Crippen molar-refractivity contribution < 1.29 is 24.0 Å². The third-order valence-corrected chi connectivity index (χ3v) is 6.48. The zero-order chi connectivity index (χ0) is 31.8. The van der Waals surface area contributed by atoms with Crippen molar-refractivity contribution in [2.45, 2.75) is 63.1 Å². The normalized spacial score (nSPS) is 12.8. The molecule has 0 aliphatic rings. The first kappa shape index (κ1) is 34.4. The highest BCUT2D eigenvalue weighted by Crippen LogP contribution is 2.10. The van der Waals surface area contributed by atoms with E-state index in [4.69, 9.17) is 28.7 Å². The molecule has 0 bridgehead atoms. The predicted octanol–water partition coefficient (Wildman–Crippen LogP) is -1.52. The number of benzene rings is 1. The number of nitrogens with one attached hydrogen (secondary N) is 4. The second-order valence-electron chi connectivity index (χ2n) is 9.94. The molecular formula is C28H42N10O5. The van der Waals surface area contributed by atoms with Gasteiger partial charge in [-0.3, -0.25) is 24.0 Å². The first-order valence-electron chi connectivity index (χ1n) is 14.0. The largest absolute Gasteiger partial charge is 0.370 e. The van der Waals surface area contributed by atoms with Crippen LogP contribution in [0, 0.1) is 0 Å². The van der Waals surface area contributed by atoms with Crippen molar-refractivity contribution in [1.29, 1.82) is 0 Å². The Bertz CT molecular complexity index is 1260. The Hall–Kier alpha value is -4.76. The van der Waals surface area contributed by atoms with Gasteiger partial charge in [0.25, 0.3) is 11.8 Å². The highest BCUT2D eigenvalue weighted by molar-refractivity contribution is 6.03. The smallest absolute Gasteiger partial charge is 0.296 e. The molecule has 43 heavy (non-hydrogen) atoms. The summed E-state index contributed by atoms with van der Waals surface area (Å²) in [5.41, 5.74) is 28.0. The average molecular weight is 599 g/mol. The molecule has 0 fully saturated rings. The molecule has 0 radical (unpaired) electrons. The maximum absolute atomic E-state index is 13.4. The first-order chi connectivity index (χ1) is 20.5. The van der Waals surface area contributed by atoms with Crippen LogP contribution in [0.2, 0.25) is 0 Å². The van der Waals surface area contributed by atoms with Gasteiger partial charge in [0.2, 0.25) is 17.7 Å². The molecule has 0 saturated carbocycles. The monoisotopic (exact) mass is 598 g/mol. The number of unbranched alkanes of at least 4 members (excludes halogenated alkanes) is 2. The number of amides is 5. The topological polar surface area (TPSA) is 280 Å².